The highest BCUT2D eigenvalue weighted by atomic mass is 35.5. The molecule has 0 spiro atoms. The van der Waals surface area contributed by atoms with Crippen LogP contribution in [0.3, 0.4) is 0 Å². The Hall–Kier alpha value is -2.96. The lowest BCUT2D eigenvalue weighted by atomic mass is 10.1. The van der Waals surface area contributed by atoms with Crippen LogP contribution < -0.4 is 10.6 Å². The number of fused-ring (bicyclic) bond motifs is 2. The maximum absolute atomic E-state index is 12.6. The number of carbonyl (C=O) groups excluding carboxylic acids is 2. The highest BCUT2D eigenvalue weighted by molar-refractivity contribution is 7.22. The van der Waals surface area contributed by atoms with Crippen LogP contribution in [-0.2, 0) is 4.79 Å². The van der Waals surface area contributed by atoms with Crippen molar-refractivity contribution in [3.63, 3.8) is 0 Å². The molecule has 134 valence electrons. The van der Waals surface area contributed by atoms with Crippen molar-refractivity contribution in [3.8, 4) is 0 Å². The molecule has 0 fully saturated rings. The Morgan fingerprint density at radius 1 is 0.963 bits per heavy atom. The number of hydrogen-bond donors (Lipinski definition) is 2. The van der Waals surface area contributed by atoms with E-state index in [2.05, 4.69) is 15.6 Å². The van der Waals surface area contributed by atoms with Crippen LogP contribution in [0.15, 0.2) is 60.7 Å². The Morgan fingerprint density at radius 3 is 2.59 bits per heavy atom. The van der Waals surface area contributed by atoms with Gasteiger partial charge in [0.1, 0.15) is 5.88 Å². The predicted molar refractivity (Wildman–Crippen MR) is 111 cm³/mol. The minimum atomic E-state index is -0.273. The fraction of sp³-hybridized carbons (Fsp3) is 0.0500. The summed E-state index contributed by atoms with van der Waals surface area (Å²) >= 11 is 6.85. The van der Waals surface area contributed by atoms with Crippen molar-refractivity contribution in [2.24, 2.45) is 0 Å². The summed E-state index contributed by atoms with van der Waals surface area (Å²) < 4.78 is 0.858. The van der Waals surface area contributed by atoms with Crippen molar-refractivity contribution in [2.75, 3.05) is 16.5 Å². The Labute approximate surface area is 164 Å². The normalized spacial score (nSPS) is 10.9. The minimum absolute atomic E-state index is 0.103. The molecule has 0 aliphatic carbocycles. The summed E-state index contributed by atoms with van der Waals surface area (Å²) in [4.78, 5) is 28.4. The number of thiazole rings is 1. The van der Waals surface area contributed by atoms with Crippen molar-refractivity contribution in [1.82, 2.24) is 4.98 Å². The Kier molecular flexibility index (Phi) is 4.75. The number of anilines is 2. The van der Waals surface area contributed by atoms with Crippen LogP contribution in [0.5, 0.6) is 0 Å². The minimum Gasteiger partial charge on any atom is -0.325 e. The maximum atomic E-state index is 12.6. The number of nitrogens with zero attached hydrogens (tertiary/aromatic N) is 1. The number of halogens is 1. The van der Waals surface area contributed by atoms with Crippen LogP contribution >= 0.6 is 22.9 Å². The van der Waals surface area contributed by atoms with Gasteiger partial charge in [-0.1, -0.05) is 41.7 Å². The van der Waals surface area contributed by atoms with Crippen molar-refractivity contribution >= 4 is 66.6 Å². The van der Waals surface area contributed by atoms with Crippen LogP contribution in [0.4, 0.5) is 10.8 Å². The topological polar surface area (TPSA) is 71.1 Å². The molecule has 0 bridgehead atoms. The smallest absolute Gasteiger partial charge is 0.257 e. The van der Waals surface area contributed by atoms with Gasteiger partial charge in [-0.2, -0.15) is 0 Å². The zero-order chi connectivity index (χ0) is 18.8. The fourth-order valence-corrected chi connectivity index (χ4v) is 3.72. The van der Waals surface area contributed by atoms with Gasteiger partial charge in [-0.15, -0.1) is 11.6 Å². The molecule has 1 aromatic heterocycles. The average Bonchev–Trinajstić information content (AvgIpc) is 3.08. The number of amides is 2. The van der Waals surface area contributed by atoms with E-state index in [-0.39, 0.29) is 17.7 Å². The number of benzene rings is 3. The molecule has 0 aliphatic rings. The second kappa shape index (κ2) is 7.34. The van der Waals surface area contributed by atoms with Gasteiger partial charge in [-0.3, -0.25) is 14.9 Å². The van der Waals surface area contributed by atoms with Crippen LogP contribution in [0.2, 0.25) is 0 Å². The summed E-state index contributed by atoms with van der Waals surface area (Å²) in [5.41, 5.74) is 1.96. The van der Waals surface area contributed by atoms with Crippen molar-refractivity contribution < 1.29 is 9.59 Å². The Balaban J connectivity index is 1.56. The molecule has 4 aromatic rings. The van der Waals surface area contributed by atoms with Gasteiger partial charge in [-0.05, 0) is 41.1 Å². The molecular weight excluding hydrogens is 382 g/mol. The molecule has 0 aliphatic heterocycles. The quantitative estimate of drug-likeness (QED) is 0.484. The molecule has 7 heteroatoms. The number of alkyl halides is 1. The molecular formula is C20H14ClN3O2S. The van der Waals surface area contributed by atoms with Gasteiger partial charge in [0.25, 0.3) is 5.91 Å². The van der Waals surface area contributed by atoms with Gasteiger partial charge in [0.05, 0.1) is 10.2 Å². The van der Waals surface area contributed by atoms with Gasteiger partial charge in [0.2, 0.25) is 5.91 Å². The molecule has 0 saturated heterocycles. The van der Waals surface area contributed by atoms with Gasteiger partial charge >= 0.3 is 0 Å². The third kappa shape index (κ3) is 3.77. The molecule has 27 heavy (non-hydrogen) atoms. The second-order valence-corrected chi connectivity index (χ2v) is 7.20. The monoisotopic (exact) mass is 395 g/mol. The number of hydrogen-bond acceptors (Lipinski definition) is 4. The molecule has 0 unspecified atom stereocenters. The maximum Gasteiger partial charge on any atom is 0.257 e. The van der Waals surface area contributed by atoms with E-state index >= 15 is 0 Å². The van der Waals surface area contributed by atoms with E-state index in [1.807, 2.05) is 42.5 Å². The lowest BCUT2D eigenvalue weighted by molar-refractivity contribution is -0.113. The van der Waals surface area contributed by atoms with E-state index in [4.69, 9.17) is 11.6 Å². The molecule has 0 atom stereocenters. The predicted octanol–water partition coefficient (Wildman–Crippen LogP) is 4.88. The number of rotatable bonds is 4. The molecule has 1 heterocycles. The SMILES string of the molecule is O=C(CCl)Nc1ccc2nc(NC(=O)c3ccc4ccccc4c3)sc2c1. The largest absolute Gasteiger partial charge is 0.325 e. The summed E-state index contributed by atoms with van der Waals surface area (Å²) in [7, 11) is 0. The van der Waals surface area contributed by atoms with E-state index in [9.17, 15) is 9.59 Å². The van der Waals surface area contributed by atoms with Gasteiger partial charge < -0.3 is 5.32 Å². The van der Waals surface area contributed by atoms with Crippen molar-refractivity contribution in [3.05, 3.63) is 66.2 Å². The van der Waals surface area contributed by atoms with E-state index in [1.54, 1.807) is 18.2 Å². The summed E-state index contributed by atoms with van der Waals surface area (Å²) in [5, 5.41) is 8.14. The molecule has 5 nitrogen and oxygen atoms in total. The third-order valence-electron chi connectivity index (χ3n) is 4.03. The standard InChI is InChI=1S/C20H14ClN3O2S/c21-11-18(25)22-15-7-8-16-17(10-15)27-20(23-16)24-19(26)14-6-5-12-3-1-2-4-13(12)9-14/h1-10H,11H2,(H,22,25)(H,23,24,26). The van der Waals surface area contributed by atoms with Crippen molar-refractivity contribution in [2.45, 2.75) is 0 Å². The zero-order valence-electron chi connectivity index (χ0n) is 14.0. The Morgan fingerprint density at radius 2 is 1.78 bits per heavy atom. The molecule has 4 rings (SSSR count). The first kappa shape index (κ1) is 17.5. The lowest BCUT2D eigenvalue weighted by Gasteiger charge is -2.03. The molecule has 2 amide bonds. The average molecular weight is 396 g/mol. The molecule has 3 aromatic carbocycles. The van der Waals surface area contributed by atoms with E-state index in [0.29, 0.717) is 16.4 Å². The van der Waals surface area contributed by atoms with Crippen molar-refractivity contribution in [1.29, 1.82) is 0 Å². The molecule has 0 radical (unpaired) electrons. The second-order valence-electron chi connectivity index (χ2n) is 5.90. The highest BCUT2D eigenvalue weighted by Crippen LogP contribution is 2.29. The Bertz CT molecular complexity index is 1170. The van der Waals surface area contributed by atoms with Gasteiger partial charge in [0, 0.05) is 11.3 Å². The number of nitrogens with one attached hydrogen (secondary N) is 2. The van der Waals surface area contributed by atoms with Crippen LogP contribution in [-0.4, -0.2) is 22.7 Å². The zero-order valence-corrected chi connectivity index (χ0v) is 15.6. The third-order valence-corrected chi connectivity index (χ3v) is 5.20. The first-order chi connectivity index (χ1) is 13.1. The first-order valence-electron chi connectivity index (χ1n) is 8.19. The van der Waals surface area contributed by atoms with Crippen LogP contribution in [0, 0.1) is 0 Å². The summed E-state index contributed by atoms with van der Waals surface area (Å²) in [6.07, 6.45) is 0. The summed E-state index contributed by atoms with van der Waals surface area (Å²) in [5.74, 6) is -0.589. The summed E-state index contributed by atoms with van der Waals surface area (Å²) in [6, 6.07) is 18.8. The van der Waals surface area contributed by atoms with Crippen LogP contribution in [0.25, 0.3) is 21.0 Å². The fourth-order valence-electron chi connectivity index (χ4n) is 2.75. The van der Waals surface area contributed by atoms with E-state index < -0.39 is 0 Å². The van der Waals surface area contributed by atoms with Gasteiger partial charge in [-0.25, -0.2) is 4.98 Å². The number of carbonyl (C=O) groups is 2. The first-order valence-corrected chi connectivity index (χ1v) is 9.54. The van der Waals surface area contributed by atoms with E-state index in [1.165, 1.54) is 11.3 Å². The van der Waals surface area contributed by atoms with Gasteiger partial charge in [0.15, 0.2) is 5.13 Å². The molecule has 2 N–H and O–H groups in total. The van der Waals surface area contributed by atoms with Crippen LogP contribution in [0.1, 0.15) is 10.4 Å². The molecule has 0 saturated carbocycles. The van der Waals surface area contributed by atoms with E-state index in [0.717, 1.165) is 21.0 Å². The number of aromatic nitrogens is 1. The lowest BCUT2D eigenvalue weighted by Crippen LogP contribution is -2.12. The summed E-state index contributed by atoms with van der Waals surface area (Å²) in [6.45, 7) is 0. The highest BCUT2D eigenvalue weighted by Gasteiger charge is 2.11.